The Morgan fingerprint density at radius 1 is 0.862 bits per heavy atom. The summed E-state index contributed by atoms with van der Waals surface area (Å²) in [5.74, 6) is 0.515. The topological polar surface area (TPSA) is 64.0 Å². The van der Waals surface area contributed by atoms with Crippen LogP contribution in [0.5, 0.6) is 0 Å². The van der Waals surface area contributed by atoms with Crippen LogP contribution in [0.15, 0.2) is 83.7 Å². The molecule has 5 heteroatoms. The highest BCUT2D eigenvalue weighted by molar-refractivity contribution is 6.00. The zero-order chi connectivity index (χ0) is 19.8. The number of rotatable bonds is 4. The number of nitrogens with zero attached hydrogens (tertiary/aromatic N) is 2. The normalized spacial score (nSPS) is 13.4. The number of amides is 1. The molecule has 0 radical (unpaired) electrons. The number of para-hydroxylation sites is 1. The first-order chi connectivity index (χ1) is 14.2. The minimum Gasteiger partial charge on any atom is -0.267 e. The Kier molecular flexibility index (Phi) is 4.21. The molecule has 29 heavy (non-hydrogen) atoms. The van der Waals surface area contributed by atoms with Crippen molar-refractivity contribution in [2.24, 2.45) is 0 Å². The van der Waals surface area contributed by atoms with Gasteiger partial charge in [0.1, 0.15) is 5.82 Å². The molecule has 0 aliphatic heterocycles. The molecule has 0 saturated heterocycles. The van der Waals surface area contributed by atoms with E-state index < -0.39 is 0 Å². The van der Waals surface area contributed by atoms with Crippen LogP contribution in [0.4, 0.5) is 0 Å². The fourth-order valence-electron chi connectivity index (χ4n) is 3.48. The van der Waals surface area contributed by atoms with Gasteiger partial charge in [-0.25, -0.2) is 9.66 Å². The van der Waals surface area contributed by atoms with Crippen molar-refractivity contribution in [1.82, 2.24) is 9.66 Å². The van der Waals surface area contributed by atoms with Crippen LogP contribution in [0.25, 0.3) is 22.0 Å². The van der Waals surface area contributed by atoms with Crippen molar-refractivity contribution in [2.45, 2.75) is 18.8 Å². The van der Waals surface area contributed by atoms with Crippen LogP contribution in [0.3, 0.4) is 0 Å². The molecule has 1 aliphatic rings. The van der Waals surface area contributed by atoms with Crippen LogP contribution in [0.1, 0.15) is 34.9 Å². The monoisotopic (exact) mass is 381 g/mol. The van der Waals surface area contributed by atoms with Crippen molar-refractivity contribution in [3.05, 3.63) is 101 Å². The average molecular weight is 381 g/mol. The van der Waals surface area contributed by atoms with Crippen LogP contribution in [0, 0.1) is 0 Å². The summed E-state index contributed by atoms with van der Waals surface area (Å²) in [6.45, 7) is 0. The number of carbonyl (C=O) groups excluding carboxylic acids is 1. The Hall–Kier alpha value is -3.73. The second kappa shape index (κ2) is 7.02. The highest BCUT2D eigenvalue weighted by atomic mass is 16.2. The van der Waals surface area contributed by atoms with E-state index in [1.807, 2.05) is 54.6 Å². The predicted molar refractivity (Wildman–Crippen MR) is 114 cm³/mol. The van der Waals surface area contributed by atoms with E-state index in [9.17, 15) is 9.59 Å². The van der Waals surface area contributed by atoms with E-state index in [0.29, 0.717) is 22.3 Å². The molecule has 1 aromatic heterocycles. The van der Waals surface area contributed by atoms with Gasteiger partial charge in [-0.15, -0.1) is 0 Å². The summed E-state index contributed by atoms with van der Waals surface area (Å²) in [5, 5.41) is 0.497. The van der Waals surface area contributed by atoms with Crippen molar-refractivity contribution in [1.29, 1.82) is 0 Å². The molecule has 1 saturated carbocycles. The first-order valence-electron chi connectivity index (χ1n) is 9.69. The van der Waals surface area contributed by atoms with Gasteiger partial charge in [0.15, 0.2) is 0 Å². The van der Waals surface area contributed by atoms with Gasteiger partial charge in [-0.05, 0) is 48.2 Å². The molecule has 0 unspecified atom stereocenters. The number of carbonyl (C=O) groups is 1. The van der Waals surface area contributed by atoms with Gasteiger partial charge in [-0.2, -0.15) is 0 Å². The smallest absolute Gasteiger partial charge is 0.267 e. The number of nitrogens with one attached hydrogen (secondary N) is 1. The largest absolute Gasteiger partial charge is 0.280 e. The lowest BCUT2D eigenvalue weighted by Gasteiger charge is -2.14. The summed E-state index contributed by atoms with van der Waals surface area (Å²) in [7, 11) is 0. The van der Waals surface area contributed by atoms with Gasteiger partial charge in [-0.3, -0.25) is 15.0 Å². The van der Waals surface area contributed by atoms with Crippen LogP contribution in [0.2, 0.25) is 0 Å². The number of hydrogen-bond acceptors (Lipinski definition) is 3. The van der Waals surface area contributed by atoms with Gasteiger partial charge in [0.05, 0.1) is 10.9 Å². The number of aromatic nitrogens is 2. The average Bonchev–Trinajstić information content (AvgIpc) is 3.61. The van der Waals surface area contributed by atoms with E-state index in [0.717, 1.165) is 24.0 Å². The molecule has 1 heterocycles. The number of benzene rings is 3. The second-order valence-electron chi connectivity index (χ2n) is 7.29. The summed E-state index contributed by atoms with van der Waals surface area (Å²) in [5.41, 5.74) is 5.80. The number of fused-ring (bicyclic) bond motifs is 1. The molecule has 1 aliphatic carbocycles. The molecule has 142 valence electrons. The van der Waals surface area contributed by atoms with E-state index in [4.69, 9.17) is 0 Å². The van der Waals surface area contributed by atoms with E-state index >= 15 is 0 Å². The van der Waals surface area contributed by atoms with Crippen molar-refractivity contribution >= 4 is 16.8 Å². The minimum absolute atomic E-state index is 0.216. The maximum absolute atomic E-state index is 13.0. The van der Waals surface area contributed by atoms with Crippen LogP contribution >= 0.6 is 0 Å². The van der Waals surface area contributed by atoms with Crippen molar-refractivity contribution in [3.8, 4) is 11.1 Å². The summed E-state index contributed by atoms with van der Waals surface area (Å²) >= 11 is 0. The van der Waals surface area contributed by atoms with E-state index in [1.54, 1.807) is 24.3 Å². The Morgan fingerprint density at radius 2 is 1.52 bits per heavy atom. The first-order valence-corrected chi connectivity index (χ1v) is 9.69. The van der Waals surface area contributed by atoms with Crippen LogP contribution in [-0.2, 0) is 0 Å². The minimum atomic E-state index is -0.328. The highest BCUT2D eigenvalue weighted by Crippen LogP contribution is 2.38. The Balaban J connectivity index is 1.48. The summed E-state index contributed by atoms with van der Waals surface area (Å²) in [6.07, 6.45) is 1.96. The Bertz CT molecular complexity index is 1260. The molecule has 0 atom stereocenters. The molecule has 3 aromatic carbocycles. The van der Waals surface area contributed by atoms with Crippen LogP contribution < -0.4 is 11.0 Å². The fraction of sp³-hybridized carbons (Fsp3) is 0.125. The lowest BCUT2D eigenvalue weighted by Crippen LogP contribution is -2.36. The SMILES string of the molecule is O=C(Nn1c(C2CC2)nc2ccccc2c1=O)c1ccc(-c2ccccc2)cc1. The predicted octanol–water partition coefficient (Wildman–Crippen LogP) is 4.32. The molecular weight excluding hydrogens is 362 g/mol. The standard InChI is InChI=1S/C24H19N3O2/c28-23(19-14-10-17(11-15-19)16-6-2-1-3-7-16)26-27-22(18-12-13-18)25-21-9-5-4-8-20(21)24(27)29/h1-11,14-15,18H,12-13H2,(H,26,28). The van der Waals surface area contributed by atoms with Gasteiger partial charge < -0.3 is 0 Å². The zero-order valence-corrected chi connectivity index (χ0v) is 15.7. The molecule has 1 fully saturated rings. The summed E-state index contributed by atoms with van der Waals surface area (Å²) in [4.78, 5) is 30.5. The number of hydrogen-bond donors (Lipinski definition) is 1. The molecular formula is C24H19N3O2. The maximum Gasteiger partial charge on any atom is 0.280 e. The Morgan fingerprint density at radius 3 is 2.24 bits per heavy atom. The van der Waals surface area contributed by atoms with Gasteiger partial charge in [0, 0.05) is 11.5 Å². The van der Waals surface area contributed by atoms with Crippen LogP contribution in [-0.4, -0.2) is 15.6 Å². The fourth-order valence-corrected chi connectivity index (χ4v) is 3.48. The van der Waals surface area contributed by atoms with E-state index in [2.05, 4.69) is 10.4 Å². The third kappa shape index (κ3) is 3.31. The van der Waals surface area contributed by atoms with Gasteiger partial charge >= 0.3 is 0 Å². The maximum atomic E-state index is 13.0. The molecule has 4 aromatic rings. The lowest BCUT2D eigenvalue weighted by atomic mass is 10.0. The summed E-state index contributed by atoms with van der Waals surface area (Å²) in [6, 6.07) is 24.6. The quantitative estimate of drug-likeness (QED) is 0.572. The van der Waals surface area contributed by atoms with E-state index in [-0.39, 0.29) is 17.4 Å². The van der Waals surface area contributed by atoms with Crippen molar-refractivity contribution in [3.63, 3.8) is 0 Å². The first kappa shape index (κ1) is 17.4. The highest BCUT2D eigenvalue weighted by Gasteiger charge is 2.30. The van der Waals surface area contributed by atoms with E-state index in [1.165, 1.54) is 4.68 Å². The Labute approximate surface area is 167 Å². The third-order valence-electron chi connectivity index (χ3n) is 5.21. The lowest BCUT2D eigenvalue weighted by molar-refractivity contribution is 0.101. The van der Waals surface area contributed by atoms with Gasteiger partial charge in [-0.1, -0.05) is 54.6 Å². The molecule has 0 spiro atoms. The third-order valence-corrected chi connectivity index (χ3v) is 5.21. The molecule has 1 amide bonds. The van der Waals surface area contributed by atoms with Crippen molar-refractivity contribution < 1.29 is 4.79 Å². The van der Waals surface area contributed by atoms with Crippen molar-refractivity contribution in [2.75, 3.05) is 5.43 Å². The molecule has 1 N–H and O–H groups in total. The molecule has 0 bridgehead atoms. The van der Waals surface area contributed by atoms with Gasteiger partial charge in [0.25, 0.3) is 11.5 Å². The second-order valence-corrected chi connectivity index (χ2v) is 7.29. The molecule has 5 nitrogen and oxygen atoms in total. The molecule has 5 rings (SSSR count). The zero-order valence-electron chi connectivity index (χ0n) is 15.7. The summed E-state index contributed by atoms with van der Waals surface area (Å²) < 4.78 is 1.33. The van der Waals surface area contributed by atoms with Gasteiger partial charge in [0.2, 0.25) is 0 Å².